The molecule has 6 nitrogen and oxygen atoms in total. The van der Waals surface area contributed by atoms with Crippen molar-refractivity contribution in [3.05, 3.63) is 29.8 Å². The third-order valence-electron chi connectivity index (χ3n) is 5.85. The van der Waals surface area contributed by atoms with Crippen molar-refractivity contribution in [2.45, 2.75) is 63.8 Å². The molecule has 0 radical (unpaired) electrons. The molecule has 2 aliphatic rings. The molecule has 7 heteroatoms. The number of hydrogen-bond donors (Lipinski definition) is 3. The molecule has 0 unspecified atom stereocenters. The maximum Gasteiger partial charge on any atom is 0.258 e. The Kier molecular flexibility index (Phi) is 9.24. The molecule has 0 atom stereocenters. The van der Waals surface area contributed by atoms with Crippen LogP contribution in [0.4, 0.5) is 0 Å². The summed E-state index contributed by atoms with van der Waals surface area (Å²) < 4.78 is 5.51. The Morgan fingerprint density at radius 1 is 1.07 bits per heavy atom. The van der Waals surface area contributed by atoms with E-state index >= 15 is 0 Å². The third-order valence-corrected chi connectivity index (χ3v) is 5.85. The quantitative estimate of drug-likeness (QED) is 0.539. The van der Waals surface area contributed by atoms with E-state index in [4.69, 9.17) is 10.5 Å². The number of benzene rings is 1. The molecule has 3 rings (SSSR count). The lowest BCUT2D eigenvalue weighted by atomic mass is 9.71. The normalized spacial score (nSPS) is 17.7. The van der Waals surface area contributed by atoms with Gasteiger partial charge in [0.05, 0.1) is 0 Å². The molecule has 1 aromatic rings. The van der Waals surface area contributed by atoms with Gasteiger partial charge in [0.1, 0.15) is 5.75 Å². The smallest absolute Gasteiger partial charge is 0.258 e. The van der Waals surface area contributed by atoms with Gasteiger partial charge in [0.15, 0.2) is 6.61 Å². The SMILES string of the molecule is Cl.NCC1(CC(=O)NCCc2ccc(OCC(=O)NC3CC3)cc2)CCCCC1. The van der Waals surface area contributed by atoms with Crippen molar-refractivity contribution in [1.82, 2.24) is 10.6 Å². The number of hydrogen-bond acceptors (Lipinski definition) is 4. The minimum atomic E-state index is -0.0671. The highest BCUT2D eigenvalue weighted by atomic mass is 35.5. The zero-order chi connectivity index (χ0) is 19.8. The first-order chi connectivity index (χ1) is 13.6. The van der Waals surface area contributed by atoms with Crippen molar-refractivity contribution in [2.24, 2.45) is 11.1 Å². The first-order valence-electron chi connectivity index (χ1n) is 10.6. The van der Waals surface area contributed by atoms with Gasteiger partial charge >= 0.3 is 0 Å². The fraction of sp³-hybridized carbons (Fsp3) is 0.636. The molecule has 0 spiro atoms. The Morgan fingerprint density at radius 3 is 2.38 bits per heavy atom. The van der Waals surface area contributed by atoms with E-state index < -0.39 is 0 Å². The van der Waals surface area contributed by atoms with Crippen molar-refractivity contribution in [1.29, 1.82) is 0 Å². The molecule has 1 aromatic carbocycles. The number of nitrogens with one attached hydrogen (secondary N) is 2. The second-order valence-electron chi connectivity index (χ2n) is 8.32. The average molecular weight is 424 g/mol. The van der Waals surface area contributed by atoms with E-state index in [-0.39, 0.29) is 36.2 Å². The lowest BCUT2D eigenvalue weighted by Crippen LogP contribution is -2.39. The first kappa shape index (κ1) is 23.5. The zero-order valence-corrected chi connectivity index (χ0v) is 17.9. The summed E-state index contributed by atoms with van der Waals surface area (Å²) in [5, 5.41) is 5.94. The molecule has 0 saturated heterocycles. The number of ether oxygens (including phenoxy) is 1. The lowest BCUT2D eigenvalue weighted by Gasteiger charge is -2.35. The Balaban J connectivity index is 0.00000300. The number of nitrogens with two attached hydrogens (primary N) is 1. The summed E-state index contributed by atoms with van der Waals surface area (Å²) in [4.78, 5) is 24.0. The van der Waals surface area contributed by atoms with Gasteiger partial charge in [0, 0.05) is 19.0 Å². The number of rotatable bonds is 10. The molecule has 4 N–H and O–H groups in total. The molecular formula is C22H34ClN3O3. The van der Waals surface area contributed by atoms with Crippen LogP contribution >= 0.6 is 12.4 Å². The molecule has 2 saturated carbocycles. The van der Waals surface area contributed by atoms with Crippen molar-refractivity contribution in [3.63, 3.8) is 0 Å². The summed E-state index contributed by atoms with van der Waals surface area (Å²) in [5.41, 5.74) is 7.11. The predicted octanol–water partition coefficient (Wildman–Crippen LogP) is 2.72. The van der Waals surface area contributed by atoms with Gasteiger partial charge in [-0.15, -0.1) is 12.4 Å². The standard InChI is InChI=1S/C22H33N3O3.ClH/c23-16-22(11-2-1-3-12-22)14-20(26)24-13-10-17-4-8-19(9-5-17)28-15-21(27)25-18-6-7-18;/h4-5,8-9,18H,1-3,6-7,10-16,23H2,(H,24,26)(H,25,27);1H. The minimum absolute atomic E-state index is 0. The Labute approximate surface area is 179 Å². The van der Waals surface area contributed by atoms with Gasteiger partial charge in [-0.3, -0.25) is 9.59 Å². The predicted molar refractivity (Wildman–Crippen MR) is 116 cm³/mol. The van der Waals surface area contributed by atoms with Gasteiger partial charge in [0.25, 0.3) is 5.91 Å². The van der Waals surface area contributed by atoms with E-state index in [0.717, 1.165) is 37.7 Å². The fourth-order valence-corrected chi connectivity index (χ4v) is 3.90. The zero-order valence-electron chi connectivity index (χ0n) is 17.1. The number of carbonyl (C=O) groups is 2. The average Bonchev–Trinajstić information content (AvgIpc) is 3.52. The molecule has 0 aromatic heterocycles. The van der Waals surface area contributed by atoms with Crippen molar-refractivity contribution < 1.29 is 14.3 Å². The van der Waals surface area contributed by atoms with Crippen molar-refractivity contribution in [3.8, 4) is 5.75 Å². The fourth-order valence-electron chi connectivity index (χ4n) is 3.90. The van der Waals surface area contributed by atoms with Crippen LogP contribution in [0.5, 0.6) is 5.75 Å². The summed E-state index contributed by atoms with van der Waals surface area (Å²) >= 11 is 0. The third kappa shape index (κ3) is 7.86. The van der Waals surface area contributed by atoms with Crippen LogP contribution in [0, 0.1) is 5.41 Å². The van der Waals surface area contributed by atoms with Gasteiger partial charge in [-0.2, -0.15) is 0 Å². The van der Waals surface area contributed by atoms with E-state index in [9.17, 15) is 9.59 Å². The molecule has 0 heterocycles. The Morgan fingerprint density at radius 2 is 1.76 bits per heavy atom. The van der Waals surface area contributed by atoms with Crippen LogP contribution in [0.3, 0.4) is 0 Å². The van der Waals surface area contributed by atoms with Crippen LogP contribution in [0.15, 0.2) is 24.3 Å². The number of carbonyl (C=O) groups excluding carboxylic acids is 2. The van der Waals surface area contributed by atoms with Crippen molar-refractivity contribution in [2.75, 3.05) is 19.7 Å². The molecule has 29 heavy (non-hydrogen) atoms. The van der Waals surface area contributed by atoms with Crippen LogP contribution in [0.25, 0.3) is 0 Å². The van der Waals surface area contributed by atoms with E-state index in [0.29, 0.717) is 31.3 Å². The van der Waals surface area contributed by atoms with E-state index in [1.807, 2.05) is 24.3 Å². The minimum Gasteiger partial charge on any atom is -0.484 e. The Hall–Kier alpha value is -1.79. The van der Waals surface area contributed by atoms with Gasteiger partial charge in [-0.25, -0.2) is 0 Å². The van der Waals surface area contributed by atoms with E-state index in [1.165, 1.54) is 19.3 Å². The topological polar surface area (TPSA) is 93.5 Å². The van der Waals surface area contributed by atoms with E-state index in [2.05, 4.69) is 10.6 Å². The van der Waals surface area contributed by atoms with Crippen LogP contribution in [-0.2, 0) is 16.0 Å². The van der Waals surface area contributed by atoms with Crippen LogP contribution in [-0.4, -0.2) is 37.6 Å². The van der Waals surface area contributed by atoms with Gasteiger partial charge < -0.3 is 21.1 Å². The highest BCUT2D eigenvalue weighted by Gasteiger charge is 2.32. The maximum atomic E-state index is 12.3. The van der Waals surface area contributed by atoms with Gasteiger partial charge in [0.2, 0.25) is 5.91 Å². The molecule has 2 fully saturated rings. The highest BCUT2D eigenvalue weighted by molar-refractivity contribution is 5.85. The second kappa shape index (κ2) is 11.4. The first-order valence-corrected chi connectivity index (χ1v) is 10.6. The van der Waals surface area contributed by atoms with E-state index in [1.54, 1.807) is 0 Å². The number of halogens is 1. The summed E-state index contributed by atoms with van der Waals surface area (Å²) in [6, 6.07) is 8.04. The number of amides is 2. The van der Waals surface area contributed by atoms with Crippen LogP contribution in [0.2, 0.25) is 0 Å². The summed E-state index contributed by atoms with van der Waals surface area (Å²) in [6.07, 6.45) is 9.21. The molecule has 2 aliphatic carbocycles. The summed E-state index contributed by atoms with van der Waals surface area (Å²) in [5.74, 6) is 0.720. The second-order valence-corrected chi connectivity index (χ2v) is 8.32. The molecule has 162 valence electrons. The highest BCUT2D eigenvalue weighted by Crippen LogP contribution is 2.38. The molecule has 0 aliphatic heterocycles. The van der Waals surface area contributed by atoms with Crippen molar-refractivity contribution >= 4 is 24.2 Å². The van der Waals surface area contributed by atoms with Crippen LogP contribution in [0.1, 0.15) is 56.9 Å². The molecular weight excluding hydrogens is 390 g/mol. The summed E-state index contributed by atoms with van der Waals surface area (Å²) in [7, 11) is 0. The molecule has 2 amide bonds. The van der Waals surface area contributed by atoms with Crippen LogP contribution < -0.4 is 21.1 Å². The largest absolute Gasteiger partial charge is 0.484 e. The van der Waals surface area contributed by atoms with Gasteiger partial charge in [-0.05, 0) is 61.8 Å². The monoisotopic (exact) mass is 423 g/mol. The molecule has 0 bridgehead atoms. The Bertz CT molecular complexity index is 656. The maximum absolute atomic E-state index is 12.3. The van der Waals surface area contributed by atoms with Gasteiger partial charge in [-0.1, -0.05) is 31.4 Å². The lowest BCUT2D eigenvalue weighted by molar-refractivity contribution is -0.124. The summed E-state index contributed by atoms with van der Waals surface area (Å²) in [6.45, 7) is 1.26.